The molecule has 5 nitrogen and oxygen atoms in total. The van der Waals surface area contributed by atoms with Crippen LogP contribution >= 0.6 is 0 Å². The second-order valence-corrected chi connectivity index (χ2v) is 4.41. The van der Waals surface area contributed by atoms with Gasteiger partial charge in [0.2, 0.25) is 0 Å². The number of benzene rings is 2. The molecule has 4 N–H and O–H groups in total. The third kappa shape index (κ3) is 7.28. The van der Waals surface area contributed by atoms with E-state index >= 15 is 0 Å². The van der Waals surface area contributed by atoms with Crippen LogP contribution in [0.15, 0.2) is 48.5 Å². The zero-order valence-electron chi connectivity index (χ0n) is 15.4. The van der Waals surface area contributed by atoms with Crippen LogP contribution in [0.5, 0.6) is 11.5 Å². The summed E-state index contributed by atoms with van der Waals surface area (Å²) in [7, 11) is 0. The van der Waals surface area contributed by atoms with Crippen molar-refractivity contribution in [2.24, 2.45) is 11.5 Å². The molecule has 2 aromatic carbocycles. The SMILES string of the molecule is CC.CC.NCC(=O)c1ccc(Oc2cccc(C(=O)CN)c2)cc1. The Balaban J connectivity index is 0.00000134. The van der Waals surface area contributed by atoms with Gasteiger partial charge in [-0.1, -0.05) is 39.8 Å². The van der Waals surface area contributed by atoms with E-state index in [1.807, 2.05) is 27.7 Å². The van der Waals surface area contributed by atoms with Crippen LogP contribution in [0.1, 0.15) is 48.4 Å². The molecule has 25 heavy (non-hydrogen) atoms. The summed E-state index contributed by atoms with van der Waals surface area (Å²) in [5.41, 5.74) is 11.7. The molecule has 0 radical (unpaired) electrons. The predicted octanol–water partition coefficient (Wildman–Crippen LogP) is 3.81. The molecule has 0 aliphatic heterocycles. The summed E-state index contributed by atoms with van der Waals surface area (Å²) in [6.45, 7) is 7.93. The summed E-state index contributed by atoms with van der Waals surface area (Å²) < 4.78 is 5.65. The second kappa shape index (κ2) is 12.9. The zero-order valence-corrected chi connectivity index (χ0v) is 15.4. The Labute approximate surface area is 150 Å². The molecule has 0 amide bonds. The van der Waals surface area contributed by atoms with Crippen molar-refractivity contribution in [1.29, 1.82) is 0 Å². The Bertz CT molecular complexity index is 652. The minimum atomic E-state index is -0.149. The molecule has 0 aliphatic rings. The van der Waals surface area contributed by atoms with Gasteiger partial charge in [-0.2, -0.15) is 0 Å². The van der Waals surface area contributed by atoms with Crippen LogP contribution in [0.4, 0.5) is 0 Å². The first-order valence-corrected chi connectivity index (χ1v) is 8.48. The topological polar surface area (TPSA) is 95.4 Å². The van der Waals surface area contributed by atoms with Gasteiger partial charge in [-0.3, -0.25) is 9.59 Å². The Hall–Kier alpha value is -2.50. The van der Waals surface area contributed by atoms with E-state index in [4.69, 9.17) is 16.2 Å². The van der Waals surface area contributed by atoms with E-state index in [0.29, 0.717) is 22.6 Å². The first-order valence-electron chi connectivity index (χ1n) is 8.48. The molecule has 5 heteroatoms. The van der Waals surface area contributed by atoms with E-state index in [1.165, 1.54) is 0 Å². The van der Waals surface area contributed by atoms with E-state index < -0.39 is 0 Å². The largest absolute Gasteiger partial charge is 0.457 e. The van der Waals surface area contributed by atoms with Gasteiger partial charge in [-0.25, -0.2) is 0 Å². The highest BCUT2D eigenvalue weighted by Crippen LogP contribution is 2.22. The first-order chi connectivity index (χ1) is 12.1. The normalized spacial score (nSPS) is 9.04. The molecule has 0 aliphatic carbocycles. The third-order valence-electron chi connectivity index (χ3n) is 2.94. The van der Waals surface area contributed by atoms with Gasteiger partial charge in [0.15, 0.2) is 11.6 Å². The van der Waals surface area contributed by atoms with Crippen molar-refractivity contribution < 1.29 is 14.3 Å². The number of Topliss-reactive ketones (excluding diaryl/α,β-unsaturated/α-hetero) is 2. The lowest BCUT2D eigenvalue weighted by Gasteiger charge is -2.07. The van der Waals surface area contributed by atoms with Gasteiger partial charge in [0.25, 0.3) is 0 Å². The summed E-state index contributed by atoms with van der Waals surface area (Å²) in [6, 6.07) is 13.5. The van der Waals surface area contributed by atoms with E-state index in [2.05, 4.69) is 0 Å². The molecule has 0 spiro atoms. The number of hydrogen-bond acceptors (Lipinski definition) is 5. The minimum Gasteiger partial charge on any atom is -0.457 e. The minimum absolute atomic E-state index is 0.0244. The molecule has 0 saturated heterocycles. The van der Waals surface area contributed by atoms with Gasteiger partial charge in [0.1, 0.15) is 11.5 Å². The zero-order chi connectivity index (χ0) is 19.2. The van der Waals surface area contributed by atoms with Crippen LogP contribution in [0.2, 0.25) is 0 Å². The highest BCUT2D eigenvalue weighted by atomic mass is 16.5. The standard InChI is InChI=1S/C16H16N2O3.2C2H6/c17-9-15(19)11-4-6-13(7-5-11)21-14-3-1-2-12(8-14)16(20)10-18;2*1-2/h1-8H,9-10,17-18H2;2*1-2H3. The molecular weight excluding hydrogens is 316 g/mol. The molecule has 0 fully saturated rings. The Morgan fingerprint density at radius 2 is 1.28 bits per heavy atom. The fourth-order valence-electron chi connectivity index (χ4n) is 1.81. The van der Waals surface area contributed by atoms with E-state index in [-0.39, 0.29) is 24.7 Å². The Kier molecular flexibility index (Phi) is 11.6. The van der Waals surface area contributed by atoms with Crippen LogP contribution in [-0.4, -0.2) is 24.7 Å². The van der Waals surface area contributed by atoms with E-state index in [1.54, 1.807) is 48.5 Å². The highest BCUT2D eigenvalue weighted by molar-refractivity contribution is 5.98. The van der Waals surface area contributed by atoms with Crippen LogP contribution in [0.3, 0.4) is 0 Å². The van der Waals surface area contributed by atoms with E-state index in [9.17, 15) is 9.59 Å². The maximum Gasteiger partial charge on any atom is 0.176 e. The van der Waals surface area contributed by atoms with Gasteiger partial charge in [-0.05, 0) is 36.4 Å². The van der Waals surface area contributed by atoms with Gasteiger partial charge in [0.05, 0.1) is 13.1 Å². The molecule has 0 heterocycles. The van der Waals surface area contributed by atoms with Crippen molar-refractivity contribution in [2.45, 2.75) is 27.7 Å². The fourth-order valence-corrected chi connectivity index (χ4v) is 1.81. The maximum atomic E-state index is 11.5. The smallest absolute Gasteiger partial charge is 0.176 e. The van der Waals surface area contributed by atoms with Crippen molar-refractivity contribution in [2.75, 3.05) is 13.1 Å². The monoisotopic (exact) mass is 344 g/mol. The summed E-state index contributed by atoms with van der Waals surface area (Å²) in [4.78, 5) is 23.0. The van der Waals surface area contributed by atoms with Gasteiger partial charge >= 0.3 is 0 Å². The lowest BCUT2D eigenvalue weighted by Crippen LogP contribution is -2.13. The second-order valence-electron chi connectivity index (χ2n) is 4.41. The lowest BCUT2D eigenvalue weighted by atomic mass is 10.1. The Morgan fingerprint density at radius 3 is 1.80 bits per heavy atom. The van der Waals surface area contributed by atoms with Gasteiger partial charge in [0, 0.05) is 11.1 Å². The highest BCUT2D eigenvalue weighted by Gasteiger charge is 2.06. The van der Waals surface area contributed by atoms with Gasteiger partial charge in [-0.15, -0.1) is 0 Å². The molecule has 2 aromatic rings. The van der Waals surface area contributed by atoms with Crippen molar-refractivity contribution >= 4 is 11.6 Å². The summed E-state index contributed by atoms with van der Waals surface area (Å²) in [6.07, 6.45) is 0. The lowest BCUT2D eigenvalue weighted by molar-refractivity contribution is 0.0993. The molecule has 0 aromatic heterocycles. The predicted molar refractivity (Wildman–Crippen MR) is 102 cm³/mol. The van der Waals surface area contributed by atoms with Crippen LogP contribution in [0, 0.1) is 0 Å². The third-order valence-corrected chi connectivity index (χ3v) is 2.94. The van der Waals surface area contributed by atoms with Crippen LogP contribution < -0.4 is 16.2 Å². The van der Waals surface area contributed by atoms with E-state index in [0.717, 1.165) is 0 Å². The average molecular weight is 344 g/mol. The van der Waals surface area contributed by atoms with Crippen molar-refractivity contribution in [3.8, 4) is 11.5 Å². The number of ether oxygens (including phenoxy) is 1. The number of hydrogen-bond donors (Lipinski definition) is 2. The summed E-state index contributed by atoms with van der Waals surface area (Å²) in [5, 5.41) is 0. The number of nitrogens with two attached hydrogens (primary N) is 2. The number of ketones is 2. The molecule has 0 saturated carbocycles. The fraction of sp³-hybridized carbons (Fsp3) is 0.300. The van der Waals surface area contributed by atoms with Crippen LogP contribution in [0.25, 0.3) is 0 Å². The quantitative estimate of drug-likeness (QED) is 0.777. The molecule has 0 bridgehead atoms. The summed E-state index contributed by atoms with van der Waals surface area (Å²) in [5.74, 6) is 0.828. The molecule has 136 valence electrons. The van der Waals surface area contributed by atoms with Crippen molar-refractivity contribution in [3.05, 3.63) is 59.7 Å². The molecule has 0 unspecified atom stereocenters. The maximum absolute atomic E-state index is 11.5. The number of carbonyl (C=O) groups excluding carboxylic acids is 2. The summed E-state index contributed by atoms with van der Waals surface area (Å²) >= 11 is 0. The van der Waals surface area contributed by atoms with Gasteiger partial charge < -0.3 is 16.2 Å². The molecule has 2 rings (SSSR count). The average Bonchev–Trinajstić information content (AvgIpc) is 2.70. The van der Waals surface area contributed by atoms with Crippen molar-refractivity contribution in [3.63, 3.8) is 0 Å². The van der Waals surface area contributed by atoms with Crippen LogP contribution in [-0.2, 0) is 0 Å². The number of carbonyl (C=O) groups is 2. The number of rotatable bonds is 6. The van der Waals surface area contributed by atoms with Crippen molar-refractivity contribution in [1.82, 2.24) is 0 Å². The Morgan fingerprint density at radius 1 is 0.760 bits per heavy atom. The molecular formula is C20H28N2O3. The molecule has 0 atom stereocenters. The first kappa shape index (κ1) is 22.5.